The Hall–Kier alpha value is -1.02. The van der Waals surface area contributed by atoms with Crippen LogP contribution in [0.1, 0.15) is 45.1 Å². The van der Waals surface area contributed by atoms with Crippen molar-refractivity contribution >= 4 is 5.69 Å². The molecule has 1 aliphatic carbocycles. The van der Waals surface area contributed by atoms with Gasteiger partial charge in [-0.05, 0) is 37.2 Å². The second kappa shape index (κ2) is 5.75. The summed E-state index contributed by atoms with van der Waals surface area (Å²) in [5.74, 6) is 0. The fraction of sp³-hybridized carbons (Fsp3) is 0.625. The van der Waals surface area contributed by atoms with Crippen LogP contribution in [0.4, 0.5) is 5.69 Å². The number of benzene rings is 1. The molecule has 2 nitrogen and oxygen atoms in total. The smallest absolute Gasteiger partial charge is 0.0733 e. The van der Waals surface area contributed by atoms with Crippen LogP contribution in [0, 0.1) is 5.41 Å². The Morgan fingerprint density at radius 3 is 2.56 bits per heavy atom. The van der Waals surface area contributed by atoms with Gasteiger partial charge in [-0.2, -0.15) is 0 Å². The minimum absolute atomic E-state index is 0.532. The molecule has 1 aliphatic rings. The lowest BCUT2D eigenvalue weighted by molar-refractivity contribution is 0.185. The maximum atomic E-state index is 5.25. The minimum Gasteiger partial charge on any atom is -0.382 e. The third-order valence-corrected chi connectivity index (χ3v) is 4.02. The van der Waals surface area contributed by atoms with E-state index >= 15 is 0 Å². The highest BCUT2D eigenvalue weighted by atomic mass is 16.5. The van der Waals surface area contributed by atoms with E-state index in [1.54, 1.807) is 7.11 Å². The van der Waals surface area contributed by atoms with Gasteiger partial charge in [0.15, 0.2) is 0 Å². The van der Waals surface area contributed by atoms with Crippen molar-refractivity contribution in [2.45, 2.75) is 52.2 Å². The molecule has 18 heavy (non-hydrogen) atoms. The van der Waals surface area contributed by atoms with Gasteiger partial charge in [0.05, 0.1) is 6.61 Å². The Labute approximate surface area is 111 Å². The zero-order chi connectivity index (χ0) is 13.0. The quantitative estimate of drug-likeness (QED) is 0.860. The summed E-state index contributed by atoms with van der Waals surface area (Å²) < 4.78 is 5.25. The molecule has 0 saturated heterocycles. The predicted octanol–water partition coefficient (Wildman–Crippen LogP) is 4.21. The van der Waals surface area contributed by atoms with E-state index < -0.39 is 0 Å². The van der Waals surface area contributed by atoms with E-state index in [1.807, 2.05) is 0 Å². The Bertz CT molecular complexity index is 376. The number of rotatable bonds is 4. The molecule has 0 radical (unpaired) electrons. The monoisotopic (exact) mass is 247 g/mol. The van der Waals surface area contributed by atoms with Crippen LogP contribution >= 0.6 is 0 Å². The fourth-order valence-corrected chi connectivity index (χ4v) is 2.71. The van der Waals surface area contributed by atoms with Crippen molar-refractivity contribution in [3.8, 4) is 0 Å². The molecule has 0 spiro atoms. The highest BCUT2D eigenvalue weighted by molar-refractivity contribution is 5.51. The summed E-state index contributed by atoms with van der Waals surface area (Å²) in [4.78, 5) is 0. The molecule has 0 heterocycles. The highest BCUT2D eigenvalue weighted by Gasteiger charge is 2.26. The maximum Gasteiger partial charge on any atom is 0.0733 e. The van der Waals surface area contributed by atoms with Crippen LogP contribution in [-0.2, 0) is 11.3 Å². The first-order valence-corrected chi connectivity index (χ1v) is 6.94. The third-order valence-electron chi connectivity index (χ3n) is 4.02. The predicted molar refractivity (Wildman–Crippen MR) is 76.8 cm³/mol. The molecule has 0 aliphatic heterocycles. The summed E-state index contributed by atoms with van der Waals surface area (Å²) in [7, 11) is 1.75. The SMILES string of the molecule is COCc1ccccc1NC1CCC(C)(C)CC1. The van der Waals surface area contributed by atoms with Crippen LogP contribution in [0.2, 0.25) is 0 Å². The molecule has 1 aromatic rings. The van der Waals surface area contributed by atoms with Gasteiger partial charge in [-0.15, -0.1) is 0 Å². The van der Waals surface area contributed by atoms with Gasteiger partial charge in [0.1, 0.15) is 0 Å². The van der Waals surface area contributed by atoms with Gasteiger partial charge >= 0.3 is 0 Å². The molecule has 0 amide bonds. The molecule has 1 N–H and O–H groups in total. The van der Waals surface area contributed by atoms with Crippen LogP contribution in [-0.4, -0.2) is 13.2 Å². The van der Waals surface area contributed by atoms with Gasteiger partial charge in [-0.3, -0.25) is 0 Å². The topological polar surface area (TPSA) is 21.3 Å². The molecule has 1 aromatic carbocycles. The van der Waals surface area contributed by atoms with Gasteiger partial charge in [-0.25, -0.2) is 0 Å². The number of ether oxygens (including phenoxy) is 1. The number of methoxy groups -OCH3 is 1. The van der Waals surface area contributed by atoms with Crippen molar-refractivity contribution in [3.05, 3.63) is 29.8 Å². The fourth-order valence-electron chi connectivity index (χ4n) is 2.71. The van der Waals surface area contributed by atoms with E-state index in [0.29, 0.717) is 18.1 Å². The largest absolute Gasteiger partial charge is 0.382 e. The standard InChI is InChI=1S/C16H25NO/c1-16(2)10-8-14(9-11-16)17-15-7-5-4-6-13(15)12-18-3/h4-7,14,17H,8-12H2,1-3H3. The lowest BCUT2D eigenvalue weighted by atomic mass is 9.75. The highest BCUT2D eigenvalue weighted by Crippen LogP contribution is 2.36. The molecule has 2 rings (SSSR count). The van der Waals surface area contributed by atoms with Crippen LogP contribution in [0.3, 0.4) is 0 Å². The number of nitrogens with one attached hydrogen (secondary N) is 1. The number of hydrogen-bond acceptors (Lipinski definition) is 2. The normalized spacial score (nSPS) is 19.7. The first-order chi connectivity index (χ1) is 8.61. The van der Waals surface area contributed by atoms with E-state index in [0.717, 1.165) is 0 Å². The van der Waals surface area contributed by atoms with E-state index in [1.165, 1.54) is 36.9 Å². The number of para-hydroxylation sites is 1. The number of anilines is 1. The van der Waals surface area contributed by atoms with Gasteiger partial charge in [0.2, 0.25) is 0 Å². The Morgan fingerprint density at radius 1 is 1.22 bits per heavy atom. The first kappa shape index (κ1) is 13.4. The molecule has 2 heteroatoms. The van der Waals surface area contributed by atoms with Crippen molar-refractivity contribution in [2.24, 2.45) is 5.41 Å². The van der Waals surface area contributed by atoms with Crippen molar-refractivity contribution in [2.75, 3.05) is 12.4 Å². The van der Waals surface area contributed by atoms with Crippen molar-refractivity contribution in [3.63, 3.8) is 0 Å². The maximum absolute atomic E-state index is 5.25. The lowest BCUT2D eigenvalue weighted by Crippen LogP contribution is -2.30. The zero-order valence-electron chi connectivity index (χ0n) is 11.8. The van der Waals surface area contributed by atoms with Gasteiger partial charge < -0.3 is 10.1 Å². The van der Waals surface area contributed by atoms with Crippen LogP contribution < -0.4 is 5.32 Å². The summed E-state index contributed by atoms with van der Waals surface area (Å²) in [6.07, 6.45) is 5.18. The van der Waals surface area contributed by atoms with Crippen molar-refractivity contribution < 1.29 is 4.74 Å². The minimum atomic E-state index is 0.532. The second-order valence-corrected chi connectivity index (χ2v) is 6.17. The molecular formula is C16H25NO. The third kappa shape index (κ3) is 3.49. The van der Waals surface area contributed by atoms with Crippen LogP contribution in [0.25, 0.3) is 0 Å². The van der Waals surface area contributed by atoms with E-state index in [2.05, 4.69) is 43.4 Å². The summed E-state index contributed by atoms with van der Waals surface area (Å²) in [6, 6.07) is 9.08. The van der Waals surface area contributed by atoms with E-state index in [4.69, 9.17) is 4.74 Å². The Morgan fingerprint density at radius 2 is 1.89 bits per heavy atom. The molecule has 0 unspecified atom stereocenters. The Kier molecular flexibility index (Phi) is 4.28. The summed E-state index contributed by atoms with van der Waals surface area (Å²) >= 11 is 0. The number of hydrogen-bond donors (Lipinski definition) is 1. The van der Waals surface area contributed by atoms with Crippen LogP contribution in [0.15, 0.2) is 24.3 Å². The molecule has 0 atom stereocenters. The summed E-state index contributed by atoms with van der Waals surface area (Å²) in [5, 5.41) is 3.69. The van der Waals surface area contributed by atoms with E-state index in [-0.39, 0.29) is 0 Å². The van der Waals surface area contributed by atoms with Gasteiger partial charge in [-0.1, -0.05) is 32.0 Å². The van der Waals surface area contributed by atoms with Crippen LogP contribution in [0.5, 0.6) is 0 Å². The van der Waals surface area contributed by atoms with Gasteiger partial charge in [0.25, 0.3) is 0 Å². The molecule has 1 saturated carbocycles. The second-order valence-electron chi connectivity index (χ2n) is 6.17. The van der Waals surface area contributed by atoms with E-state index in [9.17, 15) is 0 Å². The zero-order valence-corrected chi connectivity index (χ0v) is 11.8. The molecule has 0 aromatic heterocycles. The average molecular weight is 247 g/mol. The van der Waals surface area contributed by atoms with Crippen molar-refractivity contribution in [1.82, 2.24) is 0 Å². The Balaban J connectivity index is 1.97. The molecule has 1 fully saturated rings. The van der Waals surface area contributed by atoms with Crippen molar-refractivity contribution in [1.29, 1.82) is 0 Å². The summed E-state index contributed by atoms with van der Waals surface area (Å²) in [5.41, 5.74) is 3.03. The average Bonchev–Trinajstić information content (AvgIpc) is 2.35. The first-order valence-electron chi connectivity index (χ1n) is 6.94. The molecular weight excluding hydrogens is 222 g/mol. The molecule has 100 valence electrons. The molecule has 0 bridgehead atoms. The lowest BCUT2D eigenvalue weighted by Gasteiger charge is -2.35. The van der Waals surface area contributed by atoms with Gasteiger partial charge in [0, 0.05) is 24.4 Å². The summed E-state index contributed by atoms with van der Waals surface area (Å²) in [6.45, 7) is 5.44.